The zero-order chi connectivity index (χ0) is 23.2. The second-order valence-electron chi connectivity index (χ2n) is 9.36. The molecule has 1 saturated heterocycles. The van der Waals surface area contributed by atoms with Gasteiger partial charge in [0, 0.05) is 30.3 Å². The van der Waals surface area contributed by atoms with Gasteiger partial charge in [-0.25, -0.2) is 4.79 Å². The van der Waals surface area contributed by atoms with Gasteiger partial charge < -0.3 is 23.9 Å². The molecule has 32 heavy (non-hydrogen) atoms. The molecule has 1 amide bonds. The van der Waals surface area contributed by atoms with Crippen molar-refractivity contribution in [1.29, 1.82) is 0 Å². The van der Waals surface area contributed by atoms with E-state index < -0.39 is 17.5 Å². The highest BCUT2D eigenvalue weighted by atomic mass is 16.5. The standard InChI is InChI=1S/C24H29NO7/c1-13-14(2)23(29)31-21-16-7-8-24(3,4)32-17(16)10-18(20(13)21)30-12-19(26)25-9-5-6-15(11-25)22(27)28/h10,15H,5-9,11-12H2,1-4H3,(H,27,28)/t15-/m1/s1. The van der Waals surface area contributed by atoms with Gasteiger partial charge in [-0.15, -0.1) is 0 Å². The molecular formula is C24H29NO7. The number of carbonyl (C=O) groups is 2. The highest BCUT2D eigenvalue weighted by molar-refractivity contribution is 5.92. The van der Waals surface area contributed by atoms with E-state index in [1.807, 2.05) is 20.8 Å². The topological polar surface area (TPSA) is 106 Å². The van der Waals surface area contributed by atoms with E-state index in [1.165, 1.54) is 0 Å². The number of likely N-dealkylation sites (tertiary alicyclic amines) is 1. The third kappa shape index (κ3) is 4.06. The quantitative estimate of drug-likeness (QED) is 0.723. The molecule has 1 atom stereocenters. The number of hydrogen-bond donors (Lipinski definition) is 1. The Kier molecular flexibility index (Phi) is 5.65. The molecule has 0 unspecified atom stereocenters. The third-order valence-electron chi connectivity index (χ3n) is 6.58. The molecule has 0 radical (unpaired) electrons. The first-order chi connectivity index (χ1) is 15.1. The van der Waals surface area contributed by atoms with Crippen LogP contribution in [0.15, 0.2) is 15.3 Å². The zero-order valence-corrected chi connectivity index (χ0v) is 18.9. The van der Waals surface area contributed by atoms with Gasteiger partial charge in [0.1, 0.15) is 22.7 Å². The number of carbonyl (C=O) groups excluding carboxylic acids is 1. The van der Waals surface area contributed by atoms with Crippen LogP contribution >= 0.6 is 0 Å². The lowest BCUT2D eigenvalue weighted by Gasteiger charge is -2.33. The van der Waals surface area contributed by atoms with Crippen LogP contribution in [-0.4, -0.2) is 47.2 Å². The minimum absolute atomic E-state index is 0.187. The normalized spacial score (nSPS) is 19.9. The van der Waals surface area contributed by atoms with Crippen LogP contribution in [0.4, 0.5) is 0 Å². The first-order valence-corrected chi connectivity index (χ1v) is 11.0. The van der Waals surface area contributed by atoms with E-state index in [0.717, 1.165) is 17.5 Å². The number of hydrogen-bond acceptors (Lipinski definition) is 6. The van der Waals surface area contributed by atoms with E-state index in [2.05, 4.69) is 0 Å². The number of fused-ring (bicyclic) bond motifs is 3. The summed E-state index contributed by atoms with van der Waals surface area (Å²) >= 11 is 0. The lowest BCUT2D eigenvalue weighted by atomic mass is 9.92. The van der Waals surface area contributed by atoms with Crippen molar-refractivity contribution in [2.45, 2.75) is 59.0 Å². The maximum absolute atomic E-state index is 12.8. The first kappa shape index (κ1) is 22.2. The first-order valence-electron chi connectivity index (χ1n) is 11.0. The molecule has 1 aromatic heterocycles. The Morgan fingerprint density at radius 1 is 1.28 bits per heavy atom. The Hall–Kier alpha value is -3.03. The molecule has 0 saturated carbocycles. The molecule has 0 bridgehead atoms. The summed E-state index contributed by atoms with van der Waals surface area (Å²) in [6.07, 6.45) is 2.70. The van der Waals surface area contributed by atoms with Crippen molar-refractivity contribution in [3.8, 4) is 11.5 Å². The molecule has 2 aliphatic heterocycles. The summed E-state index contributed by atoms with van der Waals surface area (Å²) in [4.78, 5) is 38.0. The van der Waals surface area contributed by atoms with Crippen LogP contribution in [0, 0.1) is 19.8 Å². The van der Waals surface area contributed by atoms with Crippen molar-refractivity contribution in [2.24, 2.45) is 5.92 Å². The minimum atomic E-state index is -0.884. The van der Waals surface area contributed by atoms with E-state index in [9.17, 15) is 19.5 Å². The molecule has 1 fully saturated rings. The van der Waals surface area contributed by atoms with Gasteiger partial charge in [0.15, 0.2) is 6.61 Å². The number of carboxylic acids is 1. The average molecular weight is 443 g/mol. The molecule has 172 valence electrons. The highest BCUT2D eigenvalue weighted by Gasteiger charge is 2.32. The van der Waals surface area contributed by atoms with Gasteiger partial charge in [0.2, 0.25) is 0 Å². The van der Waals surface area contributed by atoms with Gasteiger partial charge in [0.25, 0.3) is 5.91 Å². The van der Waals surface area contributed by atoms with Crippen LogP contribution in [0.25, 0.3) is 11.0 Å². The number of piperidine rings is 1. The number of rotatable bonds is 4. The van der Waals surface area contributed by atoms with Gasteiger partial charge in [0.05, 0.1) is 11.3 Å². The van der Waals surface area contributed by atoms with E-state index in [4.69, 9.17) is 13.9 Å². The summed E-state index contributed by atoms with van der Waals surface area (Å²) in [5, 5.41) is 9.94. The van der Waals surface area contributed by atoms with Gasteiger partial charge in [-0.2, -0.15) is 0 Å². The Morgan fingerprint density at radius 2 is 2.03 bits per heavy atom. The molecular weight excluding hydrogens is 414 g/mol. The van der Waals surface area contributed by atoms with Crippen molar-refractivity contribution in [3.63, 3.8) is 0 Å². The smallest absolute Gasteiger partial charge is 0.339 e. The third-order valence-corrected chi connectivity index (χ3v) is 6.58. The molecule has 2 aromatic rings. The molecule has 8 heteroatoms. The summed E-state index contributed by atoms with van der Waals surface area (Å²) in [5.41, 5.74) is 1.74. The number of aliphatic carboxylic acids is 1. The second-order valence-corrected chi connectivity index (χ2v) is 9.36. The summed E-state index contributed by atoms with van der Waals surface area (Å²) in [6, 6.07) is 1.77. The average Bonchev–Trinajstić information content (AvgIpc) is 2.74. The molecule has 2 aliphatic rings. The number of amides is 1. The molecule has 1 aromatic carbocycles. The Labute approximate surface area is 186 Å². The van der Waals surface area contributed by atoms with Crippen molar-refractivity contribution >= 4 is 22.8 Å². The molecule has 3 heterocycles. The van der Waals surface area contributed by atoms with Gasteiger partial charge in [-0.05, 0) is 58.9 Å². The monoisotopic (exact) mass is 443 g/mol. The molecule has 0 aliphatic carbocycles. The van der Waals surface area contributed by atoms with E-state index >= 15 is 0 Å². The van der Waals surface area contributed by atoms with Crippen LogP contribution < -0.4 is 15.1 Å². The summed E-state index contributed by atoms with van der Waals surface area (Å²) in [5.74, 6) is -0.695. The predicted octanol–water partition coefficient (Wildman–Crippen LogP) is 3.22. The number of nitrogens with zero attached hydrogens (tertiary/aromatic N) is 1. The Morgan fingerprint density at radius 3 is 2.75 bits per heavy atom. The summed E-state index contributed by atoms with van der Waals surface area (Å²) in [7, 11) is 0. The van der Waals surface area contributed by atoms with Crippen LogP contribution in [0.2, 0.25) is 0 Å². The van der Waals surface area contributed by atoms with Crippen LogP contribution in [-0.2, 0) is 16.0 Å². The largest absolute Gasteiger partial charge is 0.487 e. The second kappa shape index (κ2) is 8.15. The number of benzene rings is 1. The predicted molar refractivity (Wildman–Crippen MR) is 117 cm³/mol. The summed E-state index contributed by atoms with van der Waals surface area (Å²) in [6.45, 7) is 8.00. The number of ether oxygens (including phenoxy) is 2. The number of carboxylic acid groups (broad SMARTS) is 1. The lowest BCUT2D eigenvalue weighted by molar-refractivity contribution is -0.146. The van der Waals surface area contributed by atoms with Crippen molar-refractivity contribution in [2.75, 3.05) is 19.7 Å². The fourth-order valence-electron chi connectivity index (χ4n) is 4.48. The van der Waals surface area contributed by atoms with Gasteiger partial charge in [-0.3, -0.25) is 9.59 Å². The zero-order valence-electron chi connectivity index (χ0n) is 18.9. The lowest BCUT2D eigenvalue weighted by Crippen LogP contribution is -2.44. The van der Waals surface area contributed by atoms with E-state index in [1.54, 1.807) is 17.9 Å². The SMILES string of the molecule is Cc1c(C)c2c(OCC(=O)N3CCC[C@@H](C(=O)O)C3)cc3c(c2oc1=O)CCC(C)(C)O3. The maximum atomic E-state index is 12.8. The Balaban J connectivity index is 1.68. The fourth-order valence-corrected chi connectivity index (χ4v) is 4.48. The molecule has 8 nitrogen and oxygen atoms in total. The molecule has 0 spiro atoms. The van der Waals surface area contributed by atoms with Gasteiger partial charge >= 0.3 is 11.6 Å². The minimum Gasteiger partial charge on any atom is -0.487 e. The van der Waals surface area contributed by atoms with Crippen molar-refractivity contribution in [1.82, 2.24) is 4.90 Å². The van der Waals surface area contributed by atoms with Crippen molar-refractivity contribution in [3.05, 3.63) is 33.2 Å². The number of aryl methyl sites for hydroxylation is 2. The molecule has 4 rings (SSSR count). The van der Waals surface area contributed by atoms with E-state index in [-0.39, 0.29) is 24.7 Å². The van der Waals surface area contributed by atoms with Crippen LogP contribution in [0.1, 0.15) is 49.8 Å². The summed E-state index contributed by atoms with van der Waals surface area (Å²) < 4.78 is 17.8. The van der Waals surface area contributed by atoms with Crippen molar-refractivity contribution < 1.29 is 28.6 Å². The Bertz CT molecular complexity index is 1150. The van der Waals surface area contributed by atoms with E-state index in [0.29, 0.717) is 53.8 Å². The van der Waals surface area contributed by atoms with Gasteiger partial charge in [-0.1, -0.05) is 0 Å². The maximum Gasteiger partial charge on any atom is 0.339 e. The molecule has 1 N–H and O–H groups in total. The fraction of sp³-hybridized carbons (Fsp3) is 0.542. The van der Waals surface area contributed by atoms with Crippen LogP contribution in [0.3, 0.4) is 0 Å². The van der Waals surface area contributed by atoms with Crippen LogP contribution in [0.5, 0.6) is 11.5 Å². The highest BCUT2D eigenvalue weighted by Crippen LogP contribution is 2.43.